The number of aromatic nitrogens is 3. The van der Waals surface area contributed by atoms with Crippen molar-refractivity contribution < 1.29 is 9.66 Å². The number of para-hydroxylation sites is 4. The summed E-state index contributed by atoms with van der Waals surface area (Å²) in [6.07, 6.45) is 3.86. The lowest BCUT2D eigenvalue weighted by Crippen LogP contribution is -2.28. The van der Waals surface area contributed by atoms with Gasteiger partial charge in [0.05, 0.1) is 17.8 Å². The molecule has 1 aliphatic rings. The second-order valence-electron chi connectivity index (χ2n) is 14.1. The summed E-state index contributed by atoms with van der Waals surface area (Å²) in [6.45, 7) is 12.2. The fraction of sp³-hybridized carbons (Fsp3) is 0.151. The first-order valence-corrected chi connectivity index (χ1v) is 21.4. The lowest BCUT2D eigenvalue weighted by Gasteiger charge is -2.36. The third-order valence-corrected chi connectivity index (χ3v) is 9.82. The SMILES string of the molecule is CC.CC.Cc1cc2c(c([N+](=O)[O-])n1)c(=O)cc(Nc1ccccc1)n2-c1ccccc1.Cc1cc2c(cn1)C(OCc1ccccc1)C=C(Nc1ccccc1)N2c1ccccc1. The van der Waals surface area contributed by atoms with Gasteiger partial charge in [0.25, 0.3) is 0 Å². The lowest BCUT2D eigenvalue weighted by molar-refractivity contribution is -0.387. The number of nitro groups is 1. The van der Waals surface area contributed by atoms with Crippen LogP contribution in [0.4, 0.5) is 34.4 Å². The number of rotatable bonds is 10. The molecular formula is C53H53N7O4. The highest BCUT2D eigenvalue weighted by atomic mass is 16.6. The average molecular weight is 852 g/mol. The van der Waals surface area contributed by atoms with Gasteiger partial charge in [-0.15, -0.1) is 0 Å². The van der Waals surface area contributed by atoms with E-state index in [4.69, 9.17) is 4.74 Å². The minimum atomic E-state index is -0.615. The smallest absolute Gasteiger partial charge is 0.364 e. The maximum Gasteiger partial charge on any atom is 0.377 e. The number of hydrogen-bond acceptors (Lipinski definition) is 9. The molecule has 8 aromatic rings. The van der Waals surface area contributed by atoms with Crippen LogP contribution in [0, 0.1) is 24.0 Å². The Morgan fingerprint density at radius 2 is 1.20 bits per heavy atom. The lowest BCUT2D eigenvalue weighted by atomic mass is 10.0. The Bertz CT molecular complexity index is 2840. The van der Waals surface area contributed by atoms with E-state index >= 15 is 0 Å². The molecule has 0 bridgehead atoms. The van der Waals surface area contributed by atoms with E-state index in [0.717, 1.165) is 51.1 Å². The topological polar surface area (TPSA) is 127 Å². The predicted molar refractivity (Wildman–Crippen MR) is 261 cm³/mol. The van der Waals surface area contributed by atoms with Gasteiger partial charge in [0, 0.05) is 59.3 Å². The third kappa shape index (κ3) is 10.9. The molecule has 1 unspecified atom stereocenters. The van der Waals surface area contributed by atoms with Crippen LogP contribution in [0.3, 0.4) is 0 Å². The summed E-state index contributed by atoms with van der Waals surface area (Å²) in [7, 11) is 0. The molecule has 64 heavy (non-hydrogen) atoms. The molecule has 11 nitrogen and oxygen atoms in total. The van der Waals surface area contributed by atoms with Gasteiger partial charge in [-0.3, -0.25) is 19.2 Å². The van der Waals surface area contributed by atoms with E-state index in [9.17, 15) is 14.9 Å². The van der Waals surface area contributed by atoms with Crippen molar-refractivity contribution in [2.45, 2.75) is 54.3 Å². The number of anilines is 5. The minimum Gasteiger partial charge on any atom is -0.364 e. The molecule has 9 rings (SSSR count). The second-order valence-corrected chi connectivity index (χ2v) is 14.1. The number of nitrogens with zero attached hydrogens (tertiary/aromatic N) is 5. The van der Waals surface area contributed by atoms with E-state index in [-0.39, 0.29) is 11.5 Å². The molecule has 1 aliphatic heterocycles. The molecule has 2 N–H and O–H groups in total. The summed E-state index contributed by atoms with van der Waals surface area (Å²) in [5.74, 6) is 1.03. The normalized spacial score (nSPS) is 12.4. The molecular weight excluding hydrogens is 799 g/mol. The first-order valence-electron chi connectivity index (χ1n) is 21.4. The van der Waals surface area contributed by atoms with E-state index in [0.29, 0.717) is 23.6 Å². The van der Waals surface area contributed by atoms with Crippen molar-refractivity contribution in [1.82, 2.24) is 14.5 Å². The molecule has 11 heteroatoms. The van der Waals surface area contributed by atoms with E-state index in [1.807, 2.05) is 144 Å². The molecule has 0 saturated heterocycles. The number of pyridine rings is 3. The summed E-state index contributed by atoms with van der Waals surface area (Å²) < 4.78 is 8.20. The van der Waals surface area contributed by atoms with Crippen molar-refractivity contribution in [3.05, 3.63) is 231 Å². The van der Waals surface area contributed by atoms with E-state index in [1.54, 1.807) is 17.6 Å². The Balaban J connectivity index is 0.000000199. The first kappa shape index (κ1) is 45.6. The van der Waals surface area contributed by atoms with Crippen molar-refractivity contribution >= 4 is 45.3 Å². The highest BCUT2D eigenvalue weighted by molar-refractivity contribution is 5.90. The van der Waals surface area contributed by atoms with Crippen LogP contribution in [-0.2, 0) is 11.3 Å². The molecule has 1 atom stereocenters. The summed E-state index contributed by atoms with van der Waals surface area (Å²) in [6, 6.07) is 54.8. The zero-order valence-corrected chi connectivity index (χ0v) is 37.0. The summed E-state index contributed by atoms with van der Waals surface area (Å²) in [4.78, 5) is 34.5. The Morgan fingerprint density at radius 3 is 1.78 bits per heavy atom. The van der Waals surface area contributed by atoms with Crippen LogP contribution >= 0.6 is 0 Å². The molecule has 3 aromatic heterocycles. The standard InChI is InChI=1S/C28H25N3O.C21H16N4O3.2C2H6/c1-21-17-26-25(19-29-21)27(32-20-22-11-5-2-6-12-22)18-28(30-23-13-7-3-8-14-23)31(26)24-15-9-4-10-16-24;1-14-12-17-20(21(22-14)25(27)28)18(26)13-19(23-15-8-4-2-5-9-15)24(17)16-10-6-3-7-11-16;2*1-2/h2-19,27,30H,20H2,1H3;2-13,23H,1H3;2*1-2H3. The van der Waals surface area contributed by atoms with Gasteiger partial charge in [-0.25, -0.2) is 0 Å². The Labute approximate surface area is 374 Å². The van der Waals surface area contributed by atoms with Gasteiger partial charge >= 0.3 is 5.82 Å². The van der Waals surface area contributed by atoms with Gasteiger partial charge in [-0.05, 0) is 83.1 Å². The molecule has 324 valence electrons. The van der Waals surface area contributed by atoms with E-state index in [2.05, 4.69) is 86.2 Å². The van der Waals surface area contributed by atoms with E-state index < -0.39 is 16.2 Å². The molecule has 0 radical (unpaired) electrons. The van der Waals surface area contributed by atoms with Crippen molar-refractivity contribution in [2.75, 3.05) is 15.5 Å². The van der Waals surface area contributed by atoms with Gasteiger partial charge in [-0.1, -0.05) is 131 Å². The zero-order valence-electron chi connectivity index (χ0n) is 37.0. The molecule has 5 aromatic carbocycles. The molecule has 0 fully saturated rings. The highest BCUT2D eigenvalue weighted by Gasteiger charge is 2.29. The van der Waals surface area contributed by atoms with Crippen LogP contribution in [0.2, 0.25) is 0 Å². The third-order valence-electron chi connectivity index (χ3n) is 9.82. The maximum absolute atomic E-state index is 12.8. The number of aryl methyl sites for hydroxylation is 2. The van der Waals surface area contributed by atoms with Gasteiger partial charge in [0.1, 0.15) is 23.1 Å². The number of fused-ring (bicyclic) bond motifs is 2. The van der Waals surface area contributed by atoms with Crippen LogP contribution in [-0.4, -0.2) is 19.5 Å². The Morgan fingerprint density at radius 1 is 0.672 bits per heavy atom. The highest BCUT2D eigenvalue weighted by Crippen LogP contribution is 2.42. The maximum atomic E-state index is 12.8. The summed E-state index contributed by atoms with van der Waals surface area (Å²) in [5.41, 5.74) is 8.33. The molecule has 0 spiro atoms. The molecule has 0 amide bonds. The number of nitrogens with one attached hydrogen (secondary N) is 2. The summed E-state index contributed by atoms with van der Waals surface area (Å²) >= 11 is 0. The molecule has 0 saturated carbocycles. The van der Waals surface area contributed by atoms with Gasteiger partial charge in [0.15, 0.2) is 11.1 Å². The van der Waals surface area contributed by atoms with Gasteiger partial charge in [0.2, 0.25) is 0 Å². The van der Waals surface area contributed by atoms with Crippen molar-refractivity contribution in [1.29, 1.82) is 0 Å². The largest absolute Gasteiger partial charge is 0.377 e. The predicted octanol–water partition coefficient (Wildman–Crippen LogP) is 13.2. The number of benzene rings is 5. The van der Waals surface area contributed by atoms with Crippen LogP contribution in [0.5, 0.6) is 0 Å². The number of ether oxygens (including phenoxy) is 1. The first-order chi connectivity index (χ1) is 31.3. The van der Waals surface area contributed by atoms with Crippen molar-refractivity contribution in [3.8, 4) is 5.69 Å². The average Bonchev–Trinajstić information content (AvgIpc) is 3.33. The Kier molecular flexibility index (Phi) is 15.9. The number of hydrogen-bond donors (Lipinski definition) is 2. The van der Waals surface area contributed by atoms with Crippen LogP contribution in [0.15, 0.2) is 193 Å². The molecule has 4 heterocycles. The van der Waals surface area contributed by atoms with Crippen LogP contribution < -0.4 is 21.0 Å². The quantitative estimate of drug-likeness (QED) is 0.102. The second kappa shape index (κ2) is 22.3. The Hall–Kier alpha value is -7.89. The zero-order chi connectivity index (χ0) is 45.4. The monoisotopic (exact) mass is 851 g/mol. The van der Waals surface area contributed by atoms with Gasteiger partial charge in [-0.2, -0.15) is 0 Å². The van der Waals surface area contributed by atoms with Crippen molar-refractivity contribution in [2.24, 2.45) is 0 Å². The van der Waals surface area contributed by atoms with Gasteiger partial charge < -0.3 is 25.5 Å². The molecule has 0 aliphatic carbocycles. The fourth-order valence-electron chi connectivity index (χ4n) is 7.12. The van der Waals surface area contributed by atoms with E-state index in [1.165, 1.54) is 6.07 Å². The fourth-order valence-corrected chi connectivity index (χ4v) is 7.12. The summed E-state index contributed by atoms with van der Waals surface area (Å²) in [5, 5.41) is 18.4. The van der Waals surface area contributed by atoms with Crippen molar-refractivity contribution in [3.63, 3.8) is 0 Å². The van der Waals surface area contributed by atoms with Crippen LogP contribution in [0.25, 0.3) is 16.6 Å². The van der Waals surface area contributed by atoms with Crippen LogP contribution in [0.1, 0.15) is 56.3 Å². The minimum absolute atomic E-state index is 0.0157.